The first-order valence-electron chi connectivity index (χ1n) is 7.12. The molecule has 0 unspecified atom stereocenters. The van der Waals surface area contributed by atoms with E-state index in [0.29, 0.717) is 28.7 Å². The highest BCUT2D eigenvalue weighted by Gasteiger charge is 2.31. The zero-order chi connectivity index (χ0) is 15.6. The van der Waals surface area contributed by atoms with Gasteiger partial charge in [-0.1, -0.05) is 6.92 Å². The van der Waals surface area contributed by atoms with Crippen molar-refractivity contribution in [2.75, 3.05) is 27.9 Å². The Balaban J connectivity index is 2.37. The average Bonchev–Trinajstić information content (AvgIpc) is 2.83. The molecule has 1 fully saturated rings. The second-order valence-electron chi connectivity index (χ2n) is 5.56. The van der Waals surface area contributed by atoms with E-state index in [9.17, 15) is 4.79 Å². The second-order valence-corrected chi connectivity index (χ2v) is 5.56. The molecule has 21 heavy (non-hydrogen) atoms. The van der Waals surface area contributed by atoms with Gasteiger partial charge in [-0.3, -0.25) is 4.79 Å². The number of methoxy groups -OCH3 is 3. The number of nitrogens with zero attached hydrogens (tertiary/aromatic N) is 1. The lowest BCUT2D eigenvalue weighted by atomic mass is 10.1. The summed E-state index contributed by atoms with van der Waals surface area (Å²) in [5, 5.41) is 0. The van der Waals surface area contributed by atoms with Crippen molar-refractivity contribution < 1.29 is 19.0 Å². The third kappa shape index (κ3) is 2.91. The molecule has 0 aromatic heterocycles. The van der Waals surface area contributed by atoms with E-state index in [1.165, 1.54) is 0 Å². The van der Waals surface area contributed by atoms with Crippen molar-refractivity contribution in [3.8, 4) is 17.2 Å². The fourth-order valence-electron chi connectivity index (χ4n) is 2.95. The summed E-state index contributed by atoms with van der Waals surface area (Å²) in [6.07, 6.45) is 1.04. The number of carbonyl (C=O) groups is 1. The van der Waals surface area contributed by atoms with Crippen molar-refractivity contribution in [2.45, 2.75) is 26.3 Å². The molecule has 1 aliphatic heterocycles. The molecule has 1 amide bonds. The molecule has 1 aromatic rings. The van der Waals surface area contributed by atoms with Crippen LogP contribution >= 0.6 is 0 Å². The summed E-state index contributed by atoms with van der Waals surface area (Å²) in [7, 11) is 4.64. The van der Waals surface area contributed by atoms with Crippen molar-refractivity contribution in [1.82, 2.24) is 4.90 Å². The minimum atomic E-state index is 0.00565. The van der Waals surface area contributed by atoms with E-state index >= 15 is 0 Å². The van der Waals surface area contributed by atoms with Crippen molar-refractivity contribution in [3.05, 3.63) is 17.7 Å². The Hall–Kier alpha value is -1.91. The number of benzene rings is 1. The van der Waals surface area contributed by atoms with E-state index in [0.717, 1.165) is 13.0 Å². The standard InChI is InChI=1S/C16H23NO4/c1-10-6-11(2)17(9-10)16(18)12-7-13(19-3)15(21-5)14(8-12)20-4/h7-8,10-11H,6,9H2,1-5H3/t10-,11+/m1/s1. The van der Waals surface area contributed by atoms with Gasteiger partial charge in [0.15, 0.2) is 11.5 Å². The van der Waals surface area contributed by atoms with Crippen molar-refractivity contribution in [3.63, 3.8) is 0 Å². The van der Waals surface area contributed by atoms with E-state index in [2.05, 4.69) is 13.8 Å². The van der Waals surface area contributed by atoms with Gasteiger partial charge >= 0.3 is 0 Å². The predicted octanol–water partition coefficient (Wildman–Crippen LogP) is 2.58. The number of amides is 1. The molecule has 2 atom stereocenters. The van der Waals surface area contributed by atoms with E-state index < -0.39 is 0 Å². The maximum atomic E-state index is 12.7. The molecule has 0 radical (unpaired) electrons. The lowest BCUT2D eigenvalue weighted by Gasteiger charge is -2.22. The van der Waals surface area contributed by atoms with Crippen LogP contribution in [-0.2, 0) is 0 Å². The van der Waals surface area contributed by atoms with E-state index in [1.807, 2.05) is 4.90 Å². The minimum Gasteiger partial charge on any atom is -0.493 e. The van der Waals surface area contributed by atoms with Gasteiger partial charge in [-0.25, -0.2) is 0 Å². The second kappa shape index (κ2) is 6.24. The van der Waals surface area contributed by atoms with Gasteiger partial charge in [0.2, 0.25) is 5.75 Å². The maximum absolute atomic E-state index is 12.7. The first kappa shape index (κ1) is 15.5. The molecular weight excluding hydrogens is 270 g/mol. The summed E-state index contributed by atoms with van der Waals surface area (Å²) in [5.74, 6) is 2.04. The Morgan fingerprint density at radius 2 is 1.67 bits per heavy atom. The van der Waals surface area contributed by atoms with Crippen LogP contribution in [0.4, 0.5) is 0 Å². The van der Waals surface area contributed by atoms with Gasteiger partial charge in [-0.05, 0) is 31.4 Å². The molecule has 116 valence electrons. The van der Waals surface area contributed by atoms with Gasteiger partial charge in [-0.2, -0.15) is 0 Å². The number of hydrogen-bond acceptors (Lipinski definition) is 4. The van der Waals surface area contributed by atoms with Crippen LogP contribution in [0.3, 0.4) is 0 Å². The molecule has 0 N–H and O–H groups in total. The summed E-state index contributed by atoms with van der Waals surface area (Å²) in [5.41, 5.74) is 0.561. The molecular formula is C16H23NO4. The molecule has 0 spiro atoms. The van der Waals surface area contributed by atoms with Crippen molar-refractivity contribution in [2.24, 2.45) is 5.92 Å². The van der Waals surface area contributed by atoms with Crippen LogP contribution < -0.4 is 14.2 Å². The lowest BCUT2D eigenvalue weighted by molar-refractivity contribution is 0.0743. The third-order valence-electron chi connectivity index (χ3n) is 3.96. The van der Waals surface area contributed by atoms with Crippen molar-refractivity contribution in [1.29, 1.82) is 0 Å². The van der Waals surface area contributed by atoms with Crippen LogP contribution in [0.1, 0.15) is 30.6 Å². The van der Waals surface area contributed by atoms with E-state index in [1.54, 1.807) is 33.5 Å². The van der Waals surface area contributed by atoms with Crippen LogP contribution in [0.15, 0.2) is 12.1 Å². The number of hydrogen-bond donors (Lipinski definition) is 0. The van der Waals surface area contributed by atoms with Crippen LogP contribution in [-0.4, -0.2) is 44.7 Å². The van der Waals surface area contributed by atoms with Crippen LogP contribution in [0.2, 0.25) is 0 Å². The first-order valence-corrected chi connectivity index (χ1v) is 7.12. The van der Waals surface area contributed by atoms with Gasteiger partial charge in [0, 0.05) is 18.2 Å². The van der Waals surface area contributed by atoms with Gasteiger partial charge in [0.1, 0.15) is 0 Å². The Morgan fingerprint density at radius 1 is 1.10 bits per heavy atom. The zero-order valence-electron chi connectivity index (χ0n) is 13.3. The Kier molecular flexibility index (Phi) is 4.60. The molecule has 1 aliphatic rings. The lowest BCUT2D eigenvalue weighted by Crippen LogP contribution is -2.34. The molecule has 5 heteroatoms. The highest BCUT2D eigenvalue weighted by molar-refractivity contribution is 5.96. The molecule has 0 aliphatic carbocycles. The smallest absolute Gasteiger partial charge is 0.254 e. The summed E-state index contributed by atoms with van der Waals surface area (Å²) < 4.78 is 15.9. The quantitative estimate of drug-likeness (QED) is 0.856. The number of carbonyl (C=O) groups excluding carboxylic acids is 1. The highest BCUT2D eigenvalue weighted by Crippen LogP contribution is 2.39. The van der Waals surface area contributed by atoms with Crippen LogP contribution in [0.5, 0.6) is 17.2 Å². The Morgan fingerprint density at radius 3 is 2.05 bits per heavy atom. The number of rotatable bonds is 4. The molecule has 1 aromatic carbocycles. The predicted molar refractivity (Wildman–Crippen MR) is 80.4 cm³/mol. The summed E-state index contributed by atoms with van der Waals surface area (Å²) in [6.45, 7) is 5.04. The third-order valence-corrected chi connectivity index (χ3v) is 3.96. The average molecular weight is 293 g/mol. The first-order chi connectivity index (χ1) is 10.0. The summed E-state index contributed by atoms with van der Waals surface area (Å²) in [6, 6.07) is 3.67. The van der Waals surface area contributed by atoms with Gasteiger partial charge < -0.3 is 19.1 Å². The van der Waals surface area contributed by atoms with Crippen molar-refractivity contribution >= 4 is 5.91 Å². The number of likely N-dealkylation sites (tertiary alicyclic amines) is 1. The largest absolute Gasteiger partial charge is 0.493 e. The van der Waals surface area contributed by atoms with Gasteiger partial charge in [0.25, 0.3) is 5.91 Å². The van der Waals surface area contributed by atoms with Crippen LogP contribution in [0.25, 0.3) is 0 Å². The van der Waals surface area contributed by atoms with Gasteiger partial charge in [0.05, 0.1) is 21.3 Å². The van der Waals surface area contributed by atoms with Crippen LogP contribution in [0, 0.1) is 5.92 Å². The maximum Gasteiger partial charge on any atom is 0.254 e. The molecule has 1 heterocycles. The monoisotopic (exact) mass is 293 g/mol. The summed E-state index contributed by atoms with van der Waals surface area (Å²) in [4.78, 5) is 14.6. The Labute approximate surface area is 125 Å². The van der Waals surface area contributed by atoms with Gasteiger partial charge in [-0.15, -0.1) is 0 Å². The molecule has 2 rings (SSSR count). The zero-order valence-corrected chi connectivity index (χ0v) is 13.3. The van der Waals surface area contributed by atoms with E-state index in [4.69, 9.17) is 14.2 Å². The normalized spacial score (nSPS) is 21.3. The fourth-order valence-corrected chi connectivity index (χ4v) is 2.95. The Bertz CT molecular complexity index is 504. The molecule has 0 bridgehead atoms. The summed E-state index contributed by atoms with van der Waals surface area (Å²) >= 11 is 0. The molecule has 1 saturated heterocycles. The molecule has 5 nitrogen and oxygen atoms in total. The van der Waals surface area contributed by atoms with E-state index in [-0.39, 0.29) is 11.9 Å². The SMILES string of the molecule is COc1cc(C(=O)N2C[C@H](C)C[C@@H]2C)cc(OC)c1OC. The topological polar surface area (TPSA) is 48.0 Å². The minimum absolute atomic E-state index is 0.00565. The fraction of sp³-hybridized carbons (Fsp3) is 0.562. The molecule has 0 saturated carbocycles. The highest BCUT2D eigenvalue weighted by atomic mass is 16.5. The number of ether oxygens (including phenoxy) is 3.